The number of fused-ring (bicyclic) bond motifs is 1. The average molecular weight is 415 g/mol. The second-order valence-corrected chi connectivity index (χ2v) is 8.66. The summed E-state index contributed by atoms with van der Waals surface area (Å²) < 4.78 is 5.03. The first-order chi connectivity index (χ1) is 14.0. The first kappa shape index (κ1) is 21.5. The molecule has 0 N–H and O–H groups in total. The van der Waals surface area contributed by atoms with E-state index in [0.29, 0.717) is 6.54 Å². The van der Waals surface area contributed by atoms with Crippen molar-refractivity contribution in [3.63, 3.8) is 0 Å². The van der Waals surface area contributed by atoms with Gasteiger partial charge in [-0.05, 0) is 49.3 Å². The normalized spacial score (nSPS) is 17.0. The van der Waals surface area contributed by atoms with Gasteiger partial charge in [-0.2, -0.15) is 0 Å². The number of thiophene rings is 1. The minimum Gasteiger partial charge on any atom is -0.375 e. The SMILES string of the molecule is CC[C@H](C)N(CC(=O)N1CCc2sccc2[C@@H]1c1ccc(C)cc1)C(=O)COC. The van der Waals surface area contributed by atoms with Crippen molar-refractivity contribution < 1.29 is 14.3 Å². The molecule has 1 aliphatic heterocycles. The summed E-state index contributed by atoms with van der Waals surface area (Å²) >= 11 is 1.76. The van der Waals surface area contributed by atoms with Gasteiger partial charge in [0.15, 0.2) is 0 Å². The fourth-order valence-electron chi connectivity index (χ4n) is 3.85. The minimum atomic E-state index is -0.143. The van der Waals surface area contributed by atoms with E-state index >= 15 is 0 Å². The molecule has 2 aromatic rings. The van der Waals surface area contributed by atoms with Crippen LogP contribution < -0.4 is 0 Å². The molecule has 0 unspecified atom stereocenters. The Balaban J connectivity index is 1.89. The summed E-state index contributed by atoms with van der Waals surface area (Å²) in [7, 11) is 1.50. The zero-order chi connectivity index (χ0) is 21.0. The van der Waals surface area contributed by atoms with Gasteiger partial charge in [-0.25, -0.2) is 0 Å². The molecule has 5 nitrogen and oxygen atoms in total. The summed E-state index contributed by atoms with van der Waals surface area (Å²) in [5, 5.41) is 2.10. The van der Waals surface area contributed by atoms with Crippen LogP contribution in [0.2, 0.25) is 0 Å². The second-order valence-electron chi connectivity index (χ2n) is 7.66. The van der Waals surface area contributed by atoms with Crippen LogP contribution in [0, 0.1) is 6.92 Å². The number of ether oxygens (including phenoxy) is 1. The predicted octanol–water partition coefficient (Wildman–Crippen LogP) is 3.80. The maximum Gasteiger partial charge on any atom is 0.249 e. The van der Waals surface area contributed by atoms with E-state index in [0.717, 1.165) is 18.4 Å². The van der Waals surface area contributed by atoms with Crippen LogP contribution in [0.3, 0.4) is 0 Å². The Bertz CT molecular complexity index is 846. The first-order valence-corrected chi connectivity index (χ1v) is 11.0. The quantitative estimate of drug-likeness (QED) is 0.692. The van der Waals surface area contributed by atoms with E-state index < -0.39 is 0 Å². The van der Waals surface area contributed by atoms with Gasteiger partial charge in [0.2, 0.25) is 11.8 Å². The van der Waals surface area contributed by atoms with Gasteiger partial charge < -0.3 is 14.5 Å². The summed E-state index contributed by atoms with van der Waals surface area (Å²) in [6.07, 6.45) is 1.65. The van der Waals surface area contributed by atoms with Crippen molar-refractivity contribution in [3.05, 3.63) is 57.3 Å². The molecule has 2 atom stereocenters. The van der Waals surface area contributed by atoms with Gasteiger partial charge in [-0.15, -0.1) is 11.3 Å². The molecule has 156 valence electrons. The molecule has 2 amide bonds. The van der Waals surface area contributed by atoms with Crippen LogP contribution in [0.15, 0.2) is 35.7 Å². The van der Waals surface area contributed by atoms with Gasteiger partial charge >= 0.3 is 0 Å². The summed E-state index contributed by atoms with van der Waals surface area (Å²) in [6, 6.07) is 10.4. The summed E-state index contributed by atoms with van der Waals surface area (Å²) in [5.74, 6) is -0.160. The molecule has 29 heavy (non-hydrogen) atoms. The molecule has 1 aromatic heterocycles. The Morgan fingerprint density at radius 1 is 1.28 bits per heavy atom. The molecule has 0 fully saturated rings. The third-order valence-electron chi connectivity index (χ3n) is 5.70. The number of benzene rings is 1. The lowest BCUT2D eigenvalue weighted by Crippen LogP contribution is -2.49. The van der Waals surface area contributed by atoms with Crippen molar-refractivity contribution in [1.29, 1.82) is 0 Å². The van der Waals surface area contributed by atoms with Crippen LogP contribution in [-0.4, -0.2) is 54.5 Å². The molecule has 0 saturated heterocycles. The average Bonchev–Trinajstić information content (AvgIpc) is 3.20. The number of nitrogens with zero attached hydrogens (tertiary/aromatic N) is 2. The van der Waals surface area contributed by atoms with Gasteiger partial charge in [-0.3, -0.25) is 9.59 Å². The summed E-state index contributed by atoms with van der Waals surface area (Å²) in [6.45, 7) is 6.81. The van der Waals surface area contributed by atoms with Crippen molar-refractivity contribution in [2.24, 2.45) is 0 Å². The number of hydrogen-bond acceptors (Lipinski definition) is 4. The smallest absolute Gasteiger partial charge is 0.249 e. The van der Waals surface area contributed by atoms with E-state index in [4.69, 9.17) is 4.74 Å². The van der Waals surface area contributed by atoms with Gasteiger partial charge in [0.1, 0.15) is 13.2 Å². The highest BCUT2D eigenvalue weighted by molar-refractivity contribution is 7.10. The minimum absolute atomic E-state index is 0.00626. The Kier molecular flexibility index (Phi) is 7.09. The molecule has 1 aromatic carbocycles. The molecular weight excluding hydrogens is 384 g/mol. The van der Waals surface area contributed by atoms with Crippen LogP contribution in [0.1, 0.15) is 47.9 Å². The molecule has 6 heteroatoms. The second kappa shape index (κ2) is 9.55. The molecule has 2 heterocycles. The van der Waals surface area contributed by atoms with E-state index in [-0.39, 0.29) is 37.0 Å². The van der Waals surface area contributed by atoms with E-state index in [1.807, 2.05) is 18.7 Å². The molecule has 0 aliphatic carbocycles. The lowest BCUT2D eigenvalue weighted by Gasteiger charge is -2.38. The van der Waals surface area contributed by atoms with Crippen molar-refractivity contribution in [3.8, 4) is 0 Å². The molecule has 3 rings (SSSR count). The number of hydrogen-bond donors (Lipinski definition) is 0. The number of carbonyl (C=O) groups excluding carboxylic acids is 2. The Labute approximate surface area is 177 Å². The molecule has 0 spiro atoms. The van der Waals surface area contributed by atoms with Crippen LogP contribution >= 0.6 is 11.3 Å². The van der Waals surface area contributed by atoms with E-state index in [9.17, 15) is 9.59 Å². The van der Waals surface area contributed by atoms with E-state index in [1.54, 1.807) is 16.2 Å². The van der Waals surface area contributed by atoms with E-state index in [1.165, 1.54) is 23.1 Å². The molecule has 0 saturated carbocycles. The third kappa shape index (κ3) is 4.70. The number of rotatable bonds is 7. The molecule has 0 radical (unpaired) electrons. The zero-order valence-corrected chi connectivity index (χ0v) is 18.5. The van der Waals surface area contributed by atoms with Crippen molar-refractivity contribution >= 4 is 23.2 Å². The standard InChI is InChI=1S/C23H30N2O3S/c1-5-17(3)25(22(27)15-28-4)14-21(26)24-12-10-20-19(11-13-29-20)23(24)18-8-6-16(2)7-9-18/h6-9,11,13,17,23H,5,10,12,14-15H2,1-4H3/t17-,23-/m0/s1. The maximum atomic E-state index is 13.4. The molecule has 0 bridgehead atoms. The summed E-state index contributed by atoms with van der Waals surface area (Å²) in [4.78, 5) is 30.9. The highest BCUT2D eigenvalue weighted by atomic mass is 32.1. The monoisotopic (exact) mass is 414 g/mol. The largest absolute Gasteiger partial charge is 0.375 e. The van der Waals surface area contributed by atoms with Crippen LogP contribution in [0.25, 0.3) is 0 Å². The maximum absolute atomic E-state index is 13.4. The van der Waals surface area contributed by atoms with Crippen LogP contribution in [0.5, 0.6) is 0 Å². The lowest BCUT2D eigenvalue weighted by molar-refractivity contribution is -0.145. The highest BCUT2D eigenvalue weighted by Crippen LogP contribution is 2.38. The summed E-state index contributed by atoms with van der Waals surface area (Å²) in [5.41, 5.74) is 3.51. The lowest BCUT2D eigenvalue weighted by atomic mass is 9.92. The molecule has 1 aliphatic rings. The van der Waals surface area contributed by atoms with Crippen LogP contribution in [-0.2, 0) is 20.7 Å². The van der Waals surface area contributed by atoms with Crippen LogP contribution in [0.4, 0.5) is 0 Å². The molecular formula is C23H30N2O3S. The van der Waals surface area contributed by atoms with Gasteiger partial charge in [-0.1, -0.05) is 36.8 Å². The first-order valence-electron chi connectivity index (χ1n) is 10.2. The Hall–Kier alpha value is -2.18. The number of amides is 2. The number of methoxy groups -OCH3 is 1. The zero-order valence-electron chi connectivity index (χ0n) is 17.7. The number of aryl methyl sites for hydroxylation is 1. The fraction of sp³-hybridized carbons (Fsp3) is 0.478. The van der Waals surface area contributed by atoms with Crippen molar-refractivity contribution in [1.82, 2.24) is 9.80 Å². The van der Waals surface area contributed by atoms with Gasteiger partial charge in [0, 0.05) is 24.6 Å². The van der Waals surface area contributed by atoms with Crippen molar-refractivity contribution in [2.75, 3.05) is 26.8 Å². The Morgan fingerprint density at radius 2 is 2.00 bits per heavy atom. The predicted molar refractivity (Wildman–Crippen MR) is 116 cm³/mol. The van der Waals surface area contributed by atoms with Crippen molar-refractivity contribution in [2.45, 2.75) is 45.7 Å². The van der Waals surface area contributed by atoms with Gasteiger partial charge in [0.25, 0.3) is 0 Å². The van der Waals surface area contributed by atoms with E-state index in [2.05, 4.69) is 42.6 Å². The Morgan fingerprint density at radius 3 is 2.66 bits per heavy atom. The highest BCUT2D eigenvalue weighted by Gasteiger charge is 2.34. The number of carbonyl (C=O) groups is 2. The van der Waals surface area contributed by atoms with Gasteiger partial charge in [0.05, 0.1) is 6.04 Å². The fourth-order valence-corrected chi connectivity index (χ4v) is 4.75. The topological polar surface area (TPSA) is 49.9 Å². The third-order valence-corrected chi connectivity index (χ3v) is 6.69.